The third-order valence-corrected chi connectivity index (χ3v) is 3.23. The first-order valence-corrected chi connectivity index (χ1v) is 7.22. The second-order valence-electron chi connectivity index (χ2n) is 4.82. The van der Waals surface area contributed by atoms with Gasteiger partial charge in [-0.05, 0) is 33.8 Å². The van der Waals surface area contributed by atoms with Gasteiger partial charge in [0.2, 0.25) is 0 Å². The van der Waals surface area contributed by atoms with Gasteiger partial charge in [-0.1, -0.05) is 0 Å². The van der Waals surface area contributed by atoms with Crippen LogP contribution in [-0.4, -0.2) is 50.1 Å². The number of carbonyl (C=O) groups excluding carboxylic acids is 2. The Kier molecular flexibility index (Phi) is 4.77. The molecule has 0 atom stereocenters. The van der Waals surface area contributed by atoms with Crippen molar-refractivity contribution in [2.45, 2.75) is 33.2 Å². The topological polar surface area (TPSA) is 112 Å². The van der Waals surface area contributed by atoms with Crippen molar-refractivity contribution in [3.8, 4) is 0 Å². The second kappa shape index (κ2) is 6.59. The number of aromatic nitrogens is 5. The second-order valence-corrected chi connectivity index (χ2v) is 4.82. The summed E-state index contributed by atoms with van der Waals surface area (Å²) in [6.45, 7) is 6.96. The highest BCUT2D eigenvalue weighted by atomic mass is 16.6. The van der Waals surface area contributed by atoms with Crippen LogP contribution < -0.4 is 0 Å². The zero-order valence-electron chi connectivity index (χ0n) is 13.5. The SMILES string of the molecule is CCOC(=O)C(C(=O)OCC)(c1ncn[nH]1)n1nc(C)cc1C. The summed E-state index contributed by atoms with van der Waals surface area (Å²) >= 11 is 0. The van der Waals surface area contributed by atoms with Crippen molar-refractivity contribution in [2.24, 2.45) is 0 Å². The Labute approximate surface area is 133 Å². The highest BCUT2D eigenvalue weighted by molar-refractivity contribution is 6.05. The highest BCUT2D eigenvalue weighted by Gasteiger charge is 2.57. The van der Waals surface area contributed by atoms with Crippen molar-refractivity contribution < 1.29 is 19.1 Å². The summed E-state index contributed by atoms with van der Waals surface area (Å²) in [7, 11) is 0. The standard InChI is InChI=1S/C14H19N5O4/c1-5-22-12(20)14(13(21)23-6-2,11-15-8-16-17-11)19-10(4)7-9(3)18-19/h7-8H,5-6H2,1-4H3,(H,15,16,17). The molecule has 0 aliphatic rings. The van der Waals surface area contributed by atoms with E-state index < -0.39 is 17.5 Å². The summed E-state index contributed by atoms with van der Waals surface area (Å²) in [5.41, 5.74) is -0.777. The number of nitrogens with zero attached hydrogens (tertiary/aromatic N) is 4. The van der Waals surface area contributed by atoms with E-state index in [1.165, 1.54) is 11.0 Å². The number of rotatable bonds is 6. The fourth-order valence-electron chi connectivity index (χ4n) is 2.37. The van der Waals surface area contributed by atoms with Crippen molar-refractivity contribution in [3.05, 3.63) is 29.6 Å². The molecule has 0 aromatic carbocycles. The van der Waals surface area contributed by atoms with E-state index in [0.29, 0.717) is 11.4 Å². The Hall–Kier alpha value is -2.71. The highest BCUT2D eigenvalue weighted by Crippen LogP contribution is 2.28. The van der Waals surface area contributed by atoms with Gasteiger partial charge in [-0.3, -0.25) is 5.10 Å². The summed E-state index contributed by atoms with van der Waals surface area (Å²) < 4.78 is 11.5. The molecule has 0 saturated carbocycles. The maximum absolute atomic E-state index is 12.8. The quantitative estimate of drug-likeness (QED) is 0.608. The van der Waals surface area contributed by atoms with Crippen LogP contribution in [0.2, 0.25) is 0 Å². The van der Waals surface area contributed by atoms with Gasteiger partial charge in [0.15, 0.2) is 5.82 Å². The zero-order chi connectivity index (χ0) is 17.0. The third kappa shape index (κ3) is 2.69. The molecule has 0 aliphatic carbocycles. The van der Waals surface area contributed by atoms with E-state index in [1.807, 2.05) is 0 Å². The van der Waals surface area contributed by atoms with Crippen LogP contribution in [0.3, 0.4) is 0 Å². The monoisotopic (exact) mass is 321 g/mol. The molecule has 0 unspecified atom stereocenters. The molecule has 23 heavy (non-hydrogen) atoms. The Bertz CT molecular complexity index is 674. The molecular formula is C14H19N5O4. The van der Waals surface area contributed by atoms with Crippen molar-refractivity contribution >= 4 is 11.9 Å². The Morgan fingerprint density at radius 3 is 2.22 bits per heavy atom. The van der Waals surface area contributed by atoms with Gasteiger partial charge in [-0.2, -0.15) is 10.2 Å². The van der Waals surface area contributed by atoms with Gasteiger partial charge in [-0.15, -0.1) is 0 Å². The minimum absolute atomic E-state index is 0.0133. The first kappa shape index (κ1) is 16.7. The van der Waals surface area contributed by atoms with Gasteiger partial charge in [0.1, 0.15) is 6.33 Å². The van der Waals surface area contributed by atoms with Gasteiger partial charge in [0.25, 0.3) is 0 Å². The normalized spacial score (nSPS) is 11.3. The van der Waals surface area contributed by atoms with E-state index in [4.69, 9.17) is 9.47 Å². The van der Waals surface area contributed by atoms with Crippen LogP contribution in [0.15, 0.2) is 12.4 Å². The van der Waals surface area contributed by atoms with Crippen molar-refractivity contribution in [3.63, 3.8) is 0 Å². The fraction of sp³-hybridized carbons (Fsp3) is 0.500. The van der Waals surface area contributed by atoms with Crippen LogP contribution >= 0.6 is 0 Å². The number of ether oxygens (including phenoxy) is 2. The lowest BCUT2D eigenvalue weighted by Gasteiger charge is -2.28. The van der Waals surface area contributed by atoms with Crippen LogP contribution in [0.1, 0.15) is 31.1 Å². The molecular weight excluding hydrogens is 302 g/mol. The van der Waals surface area contributed by atoms with Crippen molar-refractivity contribution in [1.29, 1.82) is 0 Å². The smallest absolute Gasteiger partial charge is 0.354 e. The summed E-state index contributed by atoms with van der Waals surface area (Å²) in [4.78, 5) is 29.5. The largest absolute Gasteiger partial charge is 0.463 e. The van der Waals surface area contributed by atoms with Crippen LogP contribution in [0.5, 0.6) is 0 Å². The number of esters is 2. The summed E-state index contributed by atoms with van der Waals surface area (Å²) in [6, 6.07) is 1.74. The Balaban J connectivity index is 2.76. The van der Waals surface area contributed by atoms with Gasteiger partial charge in [-0.25, -0.2) is 19.3 Å². The average molecular weight is 321 g/mol. The predicted molar refractivity (Wildman–Crippen MR) is 78.4 cm³/mol. The van der Waals surface area contributed by atoms with E-state index in [2.05, 4.69) is 20.3 Å². The van der Waals surface area contributed by atoms with Crippen molar-refractivity contribution in [1.82, 2.24) is 25.0 Å². The van der Waals surface area contributed by atoms with Gasteiger partial charge in [0.05, 0.1) is 18.9 Å². The first-order valence-electron chi connectivity index (χ1n) is 7.22. The van der Waals surface area contributed by atoms with E-state index in [1.54, 1.807) is 33.8 Å². The maximum Gasteiger partial charge on any atom is 0.354 e. The number of hydrogen-bond donors (Lipinski definition) is 1. The summed E-state index contributed by atoms with van der Waals surface area (Å²) in [5.74, 6) is -1.68. The minimum Gasteiger partial charge on any atom is -0.463 e. The number of carbonyl (C=O) groups is 2. The zero-order valence-corrected chi connectivity index (χ0v) is 13.5. The lowest BCUT2D eigenvalue weighted by molar-refractivity contribution is -0.168. The number of aromatic amines is 1. The van der Waals surface area contributed by atoms with Crippen molar-refractivity contribution in [2.75, 3.05) is 13.2 Å². The fourth-order valence-corrected chi connectivity index (χ4v) is 2.37. The molecule has 0 spiro atoms. The molecule has 124 valence electrons. The molecule has 1 N–H and O–H groups in total. The molecule has 2 rings (SSSR count). The van der Waals surface area contributed by atoms with E-state index in [9.17, 15) is 9.59 Å². The Morgan fingerprint density at radius 1 is 1.22 bits per heavy atom. The van der Waals surface area contributed by atoms with Gasteiger partial charge in [0, 0.05) is 5.69 Å². The van der Waals surface area contributed by atoms with Crippen LogP contribution in [0.4, 0.5) is 0 Å². The van der Waals surface area contributed by atoms with Gasteiger partial charge >= 0.3 is 17.5 Å². The number of hydrogen-bond acceptors (Lipinski definition) is 7. The molecule has 0 aliphatic heterocycles. The molecule has 0 radical (unpaired) electrons. The van der Waals surface area contributed by atoms with Crippen LogP contribution in [-0.2, 0) is 24.6 Å². The molecule has 2 aromatic rings. The van der Waals surface area contributed by atoms with Gasteiger partial charge < -0.3 is 9.47 Å². The molecule has 0 bridgehead atoms. The lowest BCUT2D eigenvalue weighted by Crippen LogP contribution is -2.53. The summed E-state index contributed by atoms with van der Waals surface area (Å²) in [5, 5.41) is 10.6. The molecule has 2 heterocycles. The molecule has 0 fully saturated rings. The van der Waals surface area contributed by atoms with Crippen LogP contribution in [0.25, 0.3) is 0 Å². The summed E-state index contributed by atoms with van der Waals surface area (Å²) in [6.07, 6.45) is 1.20. The predicted octanol–water partition coefficient (Wildman–Crippen LogP) is 0.488. The van der Waals surface area contributed by atoms with Crippen LogP contribution in [0, 0.1) is 13.8 Å². The lowest BCUT2D eigenvalue weighted by atomic mass is 9.98. The number of H-pyrrole nitrogens is 1. The molecule has 0 amide bonds. The average Bonchev–Trinajstić information content (AvgIpc) is 3.12. The Morgan fingerprint density at radius 2 is 1.83 bits per heavy atom. The minimum atomic E-state index is -2.00. The molecule has 0 saturated heterocycles. The molecule has 2 aromatic heterocycles. The van der Waals surface area contributed by atoms with E-state index in [-0.39, 0.29) is 19.0 Å². The third-order valence-electron chi connectivity index (χ3n) is 3.23. The maximum atomic E-state index is 12.8. The first-order chi connectivity index (χ1) is 11.0. The molecule has 9 nitrogen and oxygen atoms in total. The molecule has 9 heteroatoms. The number of nitrogens with one attached hydrogen (secondary N) is 1. The van der Waals surface area contributed by atoms with E-state index >= 15 is 0 Å². The number of aryl methyl sites for hydroxylation is 2. The van der Waals surface area contributed by atoms with E-state index in [0.717, 1.165) is 0 Å².